The lowest BCUT2D eigenvalue weighted by Gasteiger charge is -2.28. The largest absolute Gasteiger partial charge is 0.464 e. The van der Waals surface area contributed by atoms with Crippen LogP contribution in [0.25, 0.3) is 0 Å². The molecule has 2 heterocycles. The summed E-state index contributed by atoms with van der Waals surface area (Å²) >= 11 is 3.33. The summed E-state index contributed by atoms with van der Waals surface area (Å²) in [6, 6.07) is 11.4. The number of halogens is 2. The van der Waals surface area contributed by atoms with E-state index in [2.05, 4.69) is 36.8 Å². The fourth-order valence-electron chi connectivity index (χ4n) is 3.13. The summed E-state index contributed by atoms with van der Waals surface area (Å²) in [4.78, 5) is 25.9. The molecule has 0 aliphatic carbocycles. The Morgan fingerprint density at radius 3 is 2.66 bits per heavy atom. The SMILES string of the molecule is COC(=O)C1=C(C(=O)c2ccc(Br)cc2)[C@@H](c2cccc(F)c2)n2nnnc2N1. The van der Waals surface area contributed by atoms with E-state index in [1.807, 2.05) is 0 Å². The van der Waals surface area contributed by atoms with E-state index >= 15 is 0 Å². The summed E-state index contributed by atoms with van der Waals surface area (Å²) < 4.78 is 20.9. The number of methoxy groups -OCH3 is 1. The molecule has 146 valence electrons. The molecule has 1 atom stereocenters. The number of hydrogen-bond donors (Lipinski definition) is 1. The Kier molecular flexibility index (Phi) is 4.93. The monoisotopic (exact) mass is 457 g/mol. The van der Waals surface area contributed by atoms with Crippen LogP contribution in [0.3, 0.4) is 0 Å². The maximum absolute atomic E-state index is 14.0. The van der Waals surface area contributed by atoms with E-state index in [4.69, 9.17) is 4.74 Å². The zero-order chi connectivity index (χ0) is 20.5. The lowest BCUT2D eigenvalue weighted by molar-refractivity contribution is -0.136. The van der Waals surface area contributed by atoms with Gasteiger partial charge in [-0.25, -0.2) is 9.18 Å². The topological polar surface area (TPSA) is 99.0 Å². The van der Waals surface area contributed by atoms with Crippen molar-refractivity contribution in [2.24, 2.45) is 0 Å². The second kappa shape index (κ2) is 7.55. The number of rotatable bonds is 4. The Hall–Kier alpha value is -3.40. The Morgan fingerprint density at radius 1 is 1.21 bits per heavy atom. The van der Waals surface area contributed by atoms with Crippen LogP contribution in [-0.2, 0) is 9.53 Å². The zero-order valence-corrected chi connectivity index (χ0v) is 16.6. The van der Waals surface area contributed by atoms with Crippen molar-refractivity contribution in [2.45, 2.75) is 6.04 Å². The number of benzene rings is 2. The number of ketones is 1. The van der Waals surface area contributed by atoms with Crippen molar-refractivity contribution >= 4 is 33.6 Å². The third kappa shape index (κ3) is 3.42. The number of hydrogen-bond acceptors (Lipinski definition) is 7. The molecule has 3 aromatic rings. The lowest BCUT2D eigenvalue weighted by Crippen LogP contribution is -2.33. The number of carbonyl (C=O) groups is 2. The molecule has 0 unspecified atom stereocenters. The number of carbonyl (C=O) groups excluding carboxylic acids is 2. The second-order valence-corrected chi connectivity index (χ2v) is 7.06. The maximum atomic E-state index is 14.0. The number of ether oxygens (including phenoxy) is 1. The second-order valence-electron chi connectivity index (χ2n) is 6.15. The van der Waals surface area contributed by atoms with E-state index in [0.717, 1.165) is 4.47 Å². The highest BCUT2D eigenvalue weighted by Crippen LogP contribution is 2.36. The van der Waals surface area contributed by atoms with E-state index in [0.29, 0.717) is 11.1 Å². The standard InChI is InChI=1S/C19H13BrFN5O3/c1-29-18(28)15-14(17(27)10-5-7-12(20)8-6-10)16(11-3-2-4-13(21)9-11)26-19(22-15)23-24-25-26/h2-9,16H,1H3,(H,22,23,25)/t16-/m1/s1. The van der Waals surface area contributed by atoms with Crippen molar-refractivity contribution < 1.29 is 18.7 Å². The number of nitrogens with one attached hydrogen (secondary N) is 1. The molecule has 1 aliphatic rings. The third-order valence-electron chi connectivity index (χ3n) is 4.42. The summed E-state index contributed by atoms with van der Waals surface area (Å²) in [5, 5.41) is 14.1. The van der Waals surface area contributed by atoms with Gasteiger partial charge in [-0.15, -0.1) is 0 Å². The molecule has 0 amide bonds. The highest BCUT2D eigenvalue weighted by molar-refractivity contribution is 9.10. The van der Waals surface area contributed by atoms with Gasteiger partial charge in [-0.05, 0) is 52.4 Å². The normalized spacial score (nSPS) is 15.5. The zero-order valence-electron chi connectivity index (χ0n) is 15.0. The van der Waals surface area contributed by atoms with Crippen LogP contribution in [0.15, 0.2) is 64.3 Å². The number of tetrazole rings is 1. The fraction of sp³-hybridized carbons (Fsp3) is 0.105. The third-order valence-corrected chi connectivity index (χ3v) is 4.95. The number of Topliss-reactive ketones (excluding diaryl/α,β-unsaturated/α-hetero) is 1. The highest BCUT2D eigenvalue weighted by atomic mass is 79.9. The van der Waals surface area contributed by atoms with Gasteiger partial charge in [-0.1, -0.05) is 33.2 Å². The minimum Gasteiger partial charge on any atom is -0.464 e. The molecule has 1 aromatic heterocycles. The van der Waals surface area contributed by atoms with E-state index < -0.39 is 23.6 Å². The van der Waals surface area contributed by atoms with Gasteiger partial charge in [0.1, 0.15) is 17.6 Å². The maximum Gasteiger partial charge on any atom is 0.355 e. The van der Waals surface area contributed by atoms with Crippen molar-refractivity contribution in [1.29, 1.82) is 0 Å². The predicted molar refractivity (Wildman–Crippen MR) is 103 cm³/mol. The summed E-state index contributed by atoms with van der Waals surface area (Å²) in [7, 11) is 1.20. The predicted octanol–water partition coefficient (Wildman–Crippen LogP) is 2.90. The van der Waals surface area contributed by atoms with E-state index in [9.17, 15) is 14.0 Å². The molecule has 0 saturated heterocycles. The van der Waals surface area contributed by atoms with E-state index in [-0.39, 0.29) is 17.2 Å². The van der Waals surface area contributed by atoms with Gasteiger partial charge in [0.05, 0.1) is 12.7 Å². The molecule has 10 heteroatoms. The molecular weight excluding hydrogens is 445 g/mol. The number of aromatic nitrogens is 4. The van der Waals surface area contributed by atoms with Crippen LogP contribution < -0.4 is 5.32 Å². The summed E-state index contributed by atoms with van der Waals surface area (Å²) in [5.41, 5.74) is 0.688. The lowest BCUT2D eigenvalue weighted by atomic mass is 9.89. The molecule has 8 nitrogen and oxygen atoms in total. The molecular formula is C19H13BrFN5O3. The van der Waals surface area contributed by atoms with Gasteiger partial charge < -0.3 is 10.1 Å². The van der Waals surface area contributed by atoms with Crippen LogP contribution in [0.1, 0.15) is 22.0 Å². The molecule has 1 aliphatic heterocycles. The quantitative estimate of drug-likeness (QED) is 0.474. The smallest absolute Gasteiger partial charge is 0.355 e. The van der Waals surface area contributed by atoms with E-state index in [1.54, 1.807) is 30.3 Å². The average molecular weight is 458 g/mol. The van der Waals surface area contributed by atoms with Crippen molar-refractivity contribution in [1.82, 2.24) is 20.2 Å². The molecule has 0 radical (unpaired) electrons. The van der Waals surface area contributed by atoms with Gasteiger partial charge in [-0.2, -0.15) is 4.68 Å². The fourth-order valence-corrected chi connectivity index (χ4v) is 3.39. The van der Waals surface area contributed by atoms with Gasteiger partial charge in [0.15, 0.2) is 5.78 Å². The molecule has 0 saturated carbocycles. The van der Waals surface area contributed by atoms with Crippen molar-refractivity contribution in [2.75, 3.05) is 12.4 Å². The molecule has 1 N–H and O–H groups in total. The molecule has 0 spiro atoms. The van der Waals surface area contributed by atoms with Crippen LogP contribution in [0.4, 0.5) is 10.3 Å². The number of allylic oxidation sites excluding steroid dienone is 1. The van der Waals surface area contributed by atoms with Crippen LogP contribution in [0.2, 0.25) is 0 Å². The number of nitrogens with zero attached hydrogens (tertiary/aromatic N) is 4. The van der Waals surface area contributed by atoms with Gasteiger partial charge in [0.2, 0.25) is 5.95 Å². The molecule has 2 aromatic carbocycles. The highest BCUT2D eigenvalue weighted by Gasteiger charge is 2.38. The van der Waals surface area contributed by atoms with Gasteiger partial charge in [-0.3, -0.25) is 4.79 Å². The Labute approximate surface area is 172 Å². The minimum absolute atomic E-state index is 0.0459. The minimum atomic E-state index is -0.929. The number of esters is 1. The van der Waals surface area contributed by atoms with Crippen molar-refractivity contribution in [3.8, 4) is 0 Å². The first-order valence-corrected chi connectivity index (χ1v) is 9.22. The Morgan fingerprint density at radius 2 is 1.97 bits per heavy atom. The first-order valence-electron chi connectivity index (χ1n) is 8.42. The van der Waals surface area contributed by atoms with E-state index in [1.165, 1.54) is 30.0 Å². The summed E-state index contributed by atoms with van der Waals surface area (Å²) in [5.74, 6) is -1.57. The molecule has 0 bridgehead atoms. The van der Waals surface area contributed by atoms with Gasteiger partial charge >= 0.3 is 5.97 Å². The Balaban J connectivity index is 1.95. The van der Waals surface area contributed by atoms with Crippen LogP contribution in [0, 0.1) is 5.82 Å². The van der Waals surface area contributed by atoms with Gasteiger partial charge in [0.25, 0.3) is 0 Å². The summed E-state index contributed by atoms with van der Waals surface area (Å²) in [6.07, 6.45) is 0. The average Bonchev–Trinajstić information content (AvgIpc) is 3.20. The first-order chi connectivity index (χ1) is 14.0. The van der Waals surface area contributed by atoms with Gasteiger partial charge in [0, 0.05) is 10.0 Å². The van der Waals surface area contributed by atoms with Crippen molar-refractivity contribution in [3.63, 3.8) is 0 Å². The van der Waals surface area contributed by atoms with Crippen LogP contribution in [-0.4, -0.2) is 39.1 Å². The Bertz CT molecular complexity index is 1140. The number of fused-ring (bicyclic) bond motifs is 1. The summed E-state index contributed by atoms with van der Waals surface area (Å²) in [6.45, 7) is 0. The molecule has 29 heavy (non-hydrogen) atoms. The van der Waals surface area contributed by atoms with Crippen molar-refractivity contribution in [3.05, 3.63) is 81.2 Å². The molecule has 0 fully saturated rings. The van der Waals surface area contributed by atoms with Crippen LogP contribution >= 0.6 is 15.9 Å². The first kappa shape index (κ1) is 18.9. The number of anilines is 1. The molecule has 4 rings (SSSR count). The van der Waals surface area contributed by atoms with Crippen LogP contribution in [0.5, 0.6) is 0 Å².